The molecule has 2 aromatic heterocycles. The van der Waals surface area contributed by atoms with E-state index in [0.29, 0.717) is 30.2 Å². The average molecular weight is 728 g/mol. The van der Waals surface area contributed by atoms with Crippen molar-refractivity contribution in [3.8, 4) is 17.1 Å². The lowest BCUT2D eigenvalue weighted by atomic mass is 9.88. The summed E-state index contributed by atoms with van der Waals surface area (Å²) in [5, 5.41) is 0. The summed E-state index contributed by atoms with van der Waals surface area (Å²) in [5.41, 5.74) is 4.25. The molecular weight excluding hydrogens is 679 g/mol. The van der Waals surface area contributed by atoms with Crippen molar-refractivity contribution in [1.29, 1.82) is 0 Å². The minimum atomic E-state index is -4.19. The monoisotopic (exact) mass is 727 g/mol. The molecular formula is C39H49N7O5S. The minimum Gasteiger partial charge on any atom is -0.475 e. The zero-order valence-electron chi connectivity index (χ0n) is 31.1. The molecule has 4 bridgehead atoms. The Bertz CT molecular complexity index is 2020. The van der Waals surface area contributed by atoms with E-state index < -0.39 is 16.1 Å². The number of nitrogens with zero attached hydrogens (tertiary/aromatic N) is 6. The van der Waals surface area contributed by atoms with Crippen LogP contribution in [-0.4, -0.2) is 79.1 Å². The SMILES string of the molecule is COCC1(CN(C)c2cncc(CN3C(=O)c4cccc(c4)S(=O)(=O)Nc4nc(cc(-c5c(C)cccc5C)n4)OC[C@H]3CCC(C)(C)C)n2)CC1. The largest absolute Gasteiger partial charge is 0.475 e. The molecule has 0 radical (unpaired) electrons. The van der Waals surface area contributed by atoms with E-state index in [1.165, 1.54) is 12.1 Å². The van der Waals surface area contributed by atoms with Crippen molar-refractivity contribution in [2.75, 3.05) is 43.5 Å². The van der Waals surface area contributed by atoms with Gasteiger partial charge in [0.15, 0.2) is 0 Å². The van der Waals surface area contributed by atoms with Crippen LogP contribution in [-0.2, 0) is 21.3 Å². The molecule has 0 unspecified atom stereocenters. The number of benzene rings is 2. The second-order valence-corrected chi connectivity index (χ2v) is 17.2. The fraction of sp³-hybridized carbons (Fsp3) is 0.462. The third-order valence-electron chi connectivity index (χ3n) is 9.79. The van der Waals surface area contributed by atoms with Gasteiger partial charge in [0.1, 0.15) is 12.4 Å². The topological polar surface area (TPSA) is 140 Å². The number of sulfonamides is 1. The molecule has 0 saturated heterocycles. The van der Waals surface area contributed by atoms with Crippen LogP contribution in [0.1, 0.15) is 73.6 Å². The lowest BCUT2D eigenvalue weighted by Crippen LogP contribution is -2.44. The summed E-state index contributed by atoms with van der Waals surface area (Å²) in [6.45, 7) is 12.1. The van der Waals surface area contributed by atoms with Crippen LogP contribution in [0.2, 0.25) is 0 Å². The molecule has 1 fully saturated rings. The molecule has 1 N–H and O–H groups in total. The third-order valence-corrected chi connectivity index (χ3v) is 11.1. The van der Waals surface area contributed by atoms with Gasteiger partial charge in [-0.05, 0) is 74.3 Å². The number of amides is 1. The summed E-state index contributed by atoms with van der Waals surface area (Å²) in [5.74, 6) is 0.430. The van der Waals surface area contributed by atoms with Crippen LogP contribution in [0.3, 0.4) is 0 Å². The second kappa shape index (κ2) is 14.8. The minimum absolute atomic E-state index is 0.0329. The molecule has 1 aliphatic carbocycles. The maximum Gasteiger partial charge on any atom is 0.264 e. The molecule has 276 valence electrons. The van der Waals surface area contributed by atoms with Gasteiger partial charge in [-0.3, -0.25) is 9.78 Å². The number of ether oxygens (including phenoxy) is 2. The highest BCUT2D eigenvalue weighted by atomic mass is 32.2. The molecule has 1 aliphatic heterocycles. The maximum absolute atomic E-state index is 14.6. The number of fused-ring (bicyclic) bond motifs is 4. The Kier molecular flexibility index (Phi) is 10.6. The Balaban J connectivity index is 1.42. The van der Waals surface area contributed by atoms with Gasteiger partial charge in [-0.15, -0.1) is 0 Å². The van der Waals surface area contributed by atoms with Crippen molar-refractivity contribution in [1.82, 2.24) is 24.8 Å². The van der Waals surface area contributed by atoms with Crippen molar-refractivity contribution in [2.45, 2.75) is 77.8 Å². The number of hydrogen-bond donors (Lipinski definition) is 1. The average Bonchev–Trinajstić information content (AvgIpc) is 3.85. The Morgan fingerprint density at radius 2 is 1.77 bits per heavy atom. The van der Waals surface area contributed by atoms with E-state index in [-0.39, 0.29) is 52.2 Å². The van der Waals surface area contributed by atoms with Crippen molar-refractivity contribution < 1.29 is 22.7 Å². The van der Waals surface area contributed by atoms with Gasteiger partial charge >= 0.3 is 0 Å². The quantitative estimate of drug-likeness (QED) is 0.194. The standard InChI is InChI=1S/C39H49N7O5S/c1-26-10-8-11-27(2)35(26)32-19-34-43-37(42-32)44-52(48,49)31-13-9-12-28(18-31)36(47)46(30(23-51-34)14-15-38(3,4)5)22-29-20-40-21-33(41-29)45(6)24-39(16-17-39)25-50-7/h8-13,18-21,30H,14-17,22-25H2,1-7H3,(H,42,43,44)/t30-/m1/s1. The number of methoxy groups -OCH3 is 1. The first-order chi connectivity index (χ1) is 24.6. The molecule has 6 rings (SSSR count). The summed E-state index contributed by atoms with van der Waals surface area (Å²) < 4.78 is 42.0. The number of carbonyl (C=O) groups excluding carboxylic acids is 1. The summed E-state index contributed by atoms with van der Waals surface area (Å²) in [7, 11) is -0.464. The van der Waals surface area contributed by atoms with Crippen LogP contribution in [0.5, 0.6) is 5.88 Å². The van der Waals surface area contributed by atoms with Crippen LogP contribution in [0, 0.1) is 24.7 Å². The predicted octanol–water partition coefficient (Wildman–Crippen LogP) is 6.44. The Labute approximate surface area is 307 Å². The third kappa shape index (κ3) is 8.70. The molecule has 1 saturated carbocycles. The van der Waals surface area contributed by atoms with E-state index in [4.69, 9.17) is 14.5 Å². The first-order valence-corrected chi connectivity index (χ1v) is 19.2. The van der Waals surface area contributed by atoms with Gasteiger partial charge in [0.05, 0.1) is 47.9 Å². The van der Waals surface area contributed by atoms with Gasteiger partial charge in [-0.2, -0.15) is 4.98 Å². The summed E-state index contributed by atoms with van der Waals surface area (Å²) >= 11 is 0. The lowest BCUT2D eigenvalue weighted by molar-refractivity contribution is 0.0549. The van der Waals surface area contributed by atoms with E-state index in [0.717, 1.165) is 42.5 Å². The van der Waals surface area contributed by atoms with E-state index in [1.807, 2.05) is 39.1 Å². The number of aryl methyl sites for hydroxylation is 2. The Hall–Kier alpha value is -4.62. The van der Waals surface area contributed by atoms with Crippen LogP contribution in [0.4, 0.5) is 11.8 Å². The molecule has 13 heteroatoms. The van der Waals surface area contributed by atoms with E-state index in [9.17, 15) is 13.2 Å². The Morgan fingerprint density at radius 3 is 2.46 bits per heavy atom. The van der Waals surface area contributed by atoms with Crippen LogP contribution < -0.4 is 14.4 Å². The molecule has 4 aromatic rings. The van der Waals surface area contributed by atoms with E-state index in [2.05, 4.69) is 45.3 Å². The highest BCUT2D eigenvalue weighted by Crippen LogP contribution is 2.46. The molecule has 52 heavy (non-hydrogen) atoms. The molecule has 12 nitrogen and oxygen atoms in total. The summed E-state index contributed by atoms with van der Waals surface area (Å²) in [6.07, 6.45) is 7.00. The maximum atomic E-state index is 14.6. The highest BCUT2D eigenvalue weighted by molar-refractivity contribution is 7.92. The van der Waals surface area contributed by atoms with Crippen molar-refractivity contribution in [3.05, 3.63) is 83.3 Å². The lowest BCUT2D eigenvalue weighted by Gasteiger charge is -2.33. The highest BCUT2D eigenvalue weighted by Gasteiger charge is 2.43. The number of rotatable bonds is 10. The van der Waals surface area contributed by atoms with Gasteiger partial charge in [0.2, 0.25) is 11.8 Å². The number of aromatic nitrogens is 4. The van der Waals surface area contributed by atoms with Crippen molar-refractivity contribution in [2.24, 2.45) is 10.8 Å². The van der Waals surface area contributed by atoms with Gasteiger partial charge in [0, 0.05) is 43.3 Å². The summed E-state index contributed by atoms with van der Waals surface area (Å²) in [6, 6.07) is 13.3. The van der Waals surface area contributed by atoms with Crippen LogP contribution in [0.15, 0.2) is 65.8 Å². The van der Waals surface area contributed by atoms with E-state index in [1.54, 1.807) is 42.6 Å². The second-order valence-electron chi connectivity index (χ2n) is 15.5. The molecule has 1 atom stereocenters. The van der Waals surface area contributed by atoms with Crippen molar-refractivity contribution >= 4 is 27.7 Å². The summed E-state index contributed by atoms with van der Waals surface area (Å²) in [4.78, 5) is 37.0. The van der Waals surface area contributed by atoms with Crippen LogP contribution >= 0.6 is 0 Å². The van der Waals surface area contributed by atoms with E-state index >= 15 is 0 Å². The predicted molar refractivity (Wildman–Crippen MR) is 201 cm³/mol. The van der Waals surface area contributed by atoms with Gasteiger partial charge in [-0.25, -0.2) is 23.1 Å². The number of carbonyl (C=O) groups is 1. The van der Waals surface area contributed by atoms with Gasteiger partial charge < -0.3 is 19.3 Å². The fourth-order valence-corrected chi connectivity index (χ4v) is 7.74. The molecule has 3 heterocycles. The molecule has 2 aromatic carbocycles. The number of hydrogen-bond acceptors (Lipinski definition) is 10. The fourth-order valence-electron chi connectivity index (χ4n) is 6.75. The van der Waals surface area contributed by atoms with Crippen LogP contribution in [0.25, 0.3) is 11.3 Å². The number of nitrogens with one attached hydrogen (secondary N) is 1. The molecule has 0 spiro atoms. The normalized spacial score (nSPS) is 17.9. The smallest absolute Gasteiger partial charge is 0.264 e. The van der Waals surface area contributed by atoms with Gasteiger partial charge in [0.25, 0.3) is 15.9 Å². The molecule has 1 amide bonds. The van der Waals surface area contributed by atoms with Gasteiger partial charge in [-0.1, -0.05) is 45.0 Å². The first kappa shape index (κ1) is 37.1. The zero-order valence-corrected chi connectivity index (χ0v) is 32.0. The number of anilines is 2. The zero-order chi connectivity index (χ0) is 37.3. The van der Waals surface area contributed by atoms with Crippen molar-refractivity contribution in [3.63, 3.8) is 0 Å². The molecule has 2 aliphatic rings. The first-order valence-electron chi connectivity index (χ1n) is 17.7. The Morgan fingerprint density at radius 1 is 1.04 bits per heavy atom.